The Morgan fingerprint density at radius 3 is 2.20 bits per heavy atom. The maximum Gasteiger partial charge on any atom is 0.368 e. The quantitative estimate of drug-likeness (QED) is 0.430. The molecule has 0 aliphatic heterocycles. The Balaban J connectivity index is 4.45. The third-order valence-electron chi connectivity index (χ3n) is 1.72. The van der Waals surface area contributed by atoms with Crippen LogP contribution in [0, 0.1) is 5.92 Å². The fraction of sp³-hybridized carbons (Fsp3) is 0.800. The number of carbonyl (C=O) groups excluding carboxylic acids is 1. The van der Waals surface area contributed by atoms with Crippen LogP contribution in [0.3, 0.4) is 0 Å². The molecule has 0 saturated heterocycles. The summed E-state index contributed by atoms with van der Waals surface area (Å²) in [6.07, 6.45) is -0.199. The zero-order valence-electron chi connectivity index (χ0n) is 9.46. The average molecular weight is 254 g/mol. The van der Waals surface area contributed by atoms with E-state index in [0.717, 1.165) is 0 Å². The normalized spacial score (nSPS) is 14.5. The highest BCUT2D eigenvalue weighted by molar-refractivity contribution is 6.82. The Morgan fingerprint density at radius 1 is 1.33 bits per heavy atom. The summed E-state index contributed by atoms with van der Waals surface area (Å²) < 4.78 is 4.89. The number of halogens is 2. The standard InChI is InChI=1S/C10H17Cl2NO2/c1-6(2)8(5-11)13-9(12)10(14)15-7(3)4/h6-8H,5H2,1-4H3/b13-9-/t8-/m1/s1. The van der Waals surface area contributed by atoms with E-state index in [2.05, 4.69) is 4.99 Å². The Labute approximate surface area is 101 Å². The van der Waals surface area contributed by atoms with Gasteiger partial charge in [0.25, 0.3) is 0 Å². The van der Waals surface area contributed by atoms with Gasteiger partial charge in [-0.1, -0.05) is 25.4 Å². The summed E-state index contributed by atoms with van der Waals surface area (Å²) in [6, 6.07) is -0.154. The van der Waals surface area contributed by atoms with E-state index in [1.54, 1.807) is 13.8 Å². The van der Waals surface area contributed by atoms with E-state index in [-0.39, 0.29) is 23.2 Å². The zero-order valence-corrected chi connectivity index (χ0v) is 11.0. The molecular formula is C10H17Cl2NO2. The number of ether oxygens (including phenoxy) is 1. The van der Waals surface area contributed by atoms with Gasteiger partial charge in [-0.05, 0) is 19.8 Å². The van der Waals surface area contributed by atoms with Crippen LogP contribution >= 0.6 is 23.2 Å². The first-order chi connectivity index (χ1) is 6.88. The lowest BCUT2D eigenvalue weighted by Crippen LogP contribution is -2.22. The predicted molar refractivity (Wildman–Crippen MR) is 63.9 cm³/mol. The van der Waals surface area contributed by atoms with Crippen LogP contribution in [0.25, 0.3) is 0 Å². The maximum absolute atomic E-state index is 11.3. The van der Waals surface area contributed by atoms with Crippen LogP contribution in [0.5, 0.6) is 0 Å². The van der Waals surface area contributed by atoms with Gasteiger partial charge >= 0.3 is 5.97 Å². The largest absolute Gasteiger partial charge is 0.458 e. The molecule has 0 unspecified atom stereocenters. The molecule has 0 aliphatic carbocycles. The molecule has 0 bridgehead atoms. The van der Waals surface area contributed by atoms with E-state index >= 15 is 0 Å². The Bertz CT molecular complexity index is 240. The predicted octanol–water partition coefficient (Wildman–Crippen LogP) is 2.84. The molecule has 5 heteroatoms. The molecule has 0 saturated carbocycles. The molecule has 0 heterocycles. The van der Waals surface area contributed by atoms with E-state index < -0.39 is 5.97 Å². The molecule has 0 aromatic carbocycles. The summed E-state index contributed by atoms with van der Waals surface area (Å²) in [6.45, 7) is 7.44. The highest BCUT2D eigenvalue weighted by atomic mass is 35.5. The van der Waals surface area contributed by atoms with E-state index in [1.165, 1.54) is 0 Å². The molecule has 88 valence electrons. The number of hydrogen-bond donors (Lipinski definition) is 0. The van der Waals surface area contributed by atoms with Crippen LogP contribution in [0.1, 0.15) is 27.7 Å². The number of carbonyl (C=O) groups is 1. The molecule has 0 fully saturated rings. The molecule has 0 amide bonds. The summed E-state index contributed by atoms with van der Waals surface area (Å²) in [5.41, 5.74) is 0. The fourth-order valence-electron chi connectivity index (χ4n) is 0.823. The van der Waals surface area contributed by atoms with Crippen LogP contribution in [0.4, 0.5) is 0 Å². The van der Waals surface area contributed by atoms with Gasteiger partial charge in [0.1, 0.15) is 0 Å². The monoisotopic (exact) mass is 253 g/mol. The molecule has 0 aliphatic rings. The second kappa shape index (κ2) is 7.07. The van der Waals surface area contributed by atoms with Crippen molar-refractivity contribution < 1.29 is 9.53 Å². The fourth-order valence-corrected chi connectivity index (χ4v) is 1.42. The second-order valence-electron chi connectivity index (χ2n) is 3.84. The SMILES string of the molecule is CC(C)OC(=O)/C(Cl)=N/[C@H](CCl)C(C)C. The highest BCUT2D eigenvalue weighted by Gasteiger charge is 2.16. The van der Waals surface area contributed by atoms with Crippen LogP contribution in [-0.4, -0.2) is 29.2 Å². The van der Waals surface area contributed by atoms with Gasteiger partial charge in [0.05, 0.1) is 12.1 Å². The molecule has 1 atom stereocenters. The second-order valence-corrected chi connectivity index (χ2v) is 4.51. The van der Waals surface area contributed by atoms with Gasteiger partial charge < -0.3 is 4.74 Å². The minimum Gasteiger partial charge on any atom is -0.458 e. The van der Waals surface area contributed by atoms with Crippen molar-refractivity contribution in [3.63, 3.8) is 0 Å². The molecular weight excluding hydrogens is 237 g/mol. The van der Waals surface area contributed by atoms with Crippen LogP contribution < -0.4 is 0 Å². The van der Waals surface area contributed by atoms with Gasteiger partial charge in [0, 0.05) is 5.88 Å². The van der Waals surface area contributed by atoms with Gasteiger partial charge in [-0.25, -0.2) is 4.79 Å². The van der Waals surface area contributed by atoms with E-state index in [0.29, 0.717) is 5.88 Å². The third kappa shape index (κ3) is 6.00. The van der Waals surface area contributed by atoms with Gasteiger partial charge in [0.15, 0.2) is 0 Å². The molecule has 0 radical (unpaired) electrons. The van der Waals surface area contributed by atoms with Crippen LogP contribution in [-0.2, 0) is 9.53 Å². The Hall–Kier alpha value is -0.280. The maximum atomic E-state index is 11.3. The Morgan fingerprint density at radius 2 is 1.87 bits per heavy atom. The lowest BCUT2D eigenvalue weighted by molar-refractivity contribution is -0.138. The number of esters is 1. The van der Waals surface area contributed by atoms with E-state index in [9.17, 15) is 4.79 Å². The molecule has 3 nitrogen and oxygen atoms in total. The van der Waals surface area contributed by atoms with Gasteiger partial charge in [-0.2, -0.15) is 0 Å². The molecule has 0 spiro atoms. The summed E-state index contributed by atoms with van der Waals surface area (Å²) in [5.74, 6) is -0.0198. The number of alkyl halides is 1. The average Bonchev–Trinajstić information content (AvgIpc) is 2.11. The molecule has 15 heavy (non-hydrogen) atoms. The van der Waals surface area contributed by atoms with Crippen molar-refractivity contribution >= 4 is 34.3 Å². The Kier molecular flexibility index (Phi) is 6.94. The van der Waals surface area contributed by atoms with Crippen molar-refractivity contribution in [1.82, 2.24) is 0 Å². The van der Waals surface area contributed by atoms with Crippen molar-refractivity contribution in [2.45, 2.75) is 39.8 Å². The summed E-state index contributed by atoms with van der Waals surface area (Å²) in [7, 11) is 0. The first kappa shape index (κ1) is 14.7. The lowest BCUT2D eigenvalue weighted by atomic mass is 10.1. The topological polar surface area (TPSA) is 38.7 Å². The van der Waals surface area contributed by atoms with Gasteiger partial charge in [-0.3, -0.25) is 4.99 Å². The summed E-state index contributed by atoms with van der Waals surface area (Å²) >= 11 is 11.4. The lowest BCUT2D eigenvalue weighted by Gasteiger charge is -2.13. The van der Waals surface area contributed by atoms with Gasteiger partial charge in [0.2, 0.25) is 5.17 Å². The van der Waals surface area contributed by atoms with Gasteiger partial charge in [-0.15, -0.1) is 11.6 Å². The first-order valence-corrected chi connectivity index (χ1v) is 5.80. The first-order valence-electron chi connectivity index (χ1n) is 4.88. The van der Waals surface area contributed by atoms with Crippen molar-refractivity contribution in [3.8, 4) is 0 Å². The number of aliphatic imine (C=N–C) groups is 1. The number of nitrogens with zero attached hydrogens (tertiary/aromatic N) is 1. The molecule has 0 N–H and O–H groups in total. The van der Waals surface area contributed by atoms with Crippen LogP contribution in [0.2, 0.25) is 0 Å². The minimum atomic E-state index is -0.595. The van der Waals surface area contributed by atoms with Crippen molar-refractivity contribution in [3.05, 3.63) is 0 Å². The molecule has 0 rings (SSSR count). The van der Waals surface area contributed by atoms with Crippen molar-refractivity contribution in [2.75, 3.05) is 5.88 Å². The van der Waals surface area contributed by atoms with Crippen LogP contribution in [0.15, 0.2) is 4.99 Å². The minimum absolute atomic E-state index is 0.136. The number of hydrogen-bond acceptors (Lipinski definition) is 3. The zero-order chi connectivity index (χ0) is 12.0. The van der Waals surface area contributed by atoms with Crippen molar-refractivity contribution in [2.24, 2.45) is 10.9 Å². The van der Waals surface area contributed by atoms with E-state index in [4.69, 9.17) is 27.9 Å². The van der Waals surface area contributed by atoms with Crippen molar-refractivity contribution in [1.29, 1.82) is 0 Å². The number of rotatable bonds is 5. The smallest absolute Gasteiger partial charge is 0.368 e. The third-order valence-corrected chi connectivity index (χ3v) is 2.29. The molecule has 0 aromatic rings. The van der Waals surface area contributed by atoms with E-state index in [1.807, 2.05) is 13.8 Å². The highest BCUT2D eigenvalue weighted by Crippen LogP contribution is 2.10. The molecule has 0 aromatic heterocycles. The summed E-state index contributed by atoms with van der Waals surface area (Å²) in [5, 5.41) is -0.136. The summed E-state index contributed by atoms with van der Waals surface area (Å²) in [4.78, 5) is 15.3.